The first-order valence-electron chi connectivity index (χ1n) is 11.9. The van der Waals surface area contributed by atoms with Crippen LogP contribution in [0.5, 0.6) is 0 Å². The summed E-state index contributed by atoms with van der Waals surface area (Å²) >= 11 is 0. The van der Waals surface area contributed by atoms with E-state index in [2.05, 4.69) is 22.6 Å². The van der Waals surface area contributed by atoms with Crippen LogP contribution in [-0.2, 0) is 27.3 Å². The fourth-order valence-electron chi connectivity index (χ4n) is 3.16. The molecule has 0 saturated heterocycles. The second-order valence-corrected chi connectivity index (χ2v) is 9.89. The molecule has 178 valence electrons. The zero-order valence-corrected chi connectivity index (χ0v) is 21.0. The smallest absolute Gasteiger partial charge is 0.220 e. The van der Waals surface area contributed by atoms with E-state index in [1.165, 1.54) is 19.3 Å². The van der Waals surface area contributed by atoms with Crippen LogP contribution in [0.15, 0.2) is 6.20 Å². The number of nitrogens with one attached hydrogen (secondary N) is 1. The van der Waals surface area contributed by atoms with Crippen molar-refractivity contribution < 1.29 is 14.3 Å². The number of amides is 1. The Labute approximate surface area is 190 Å². The predicted octanol–water partition coefficient (Wildman–Crippen LogP) is 4.49. The van der Waals surface area contributed by atoms with Gasteiger partial charge in [0.2, 0.25) is 5.91 Å². The number of unbranched alkanes of at least 4 members (excludes halogenated alkanes) is 3. The molecule has 0 saturated carbocycles. The van der Waals surface area contributed by atoms with Crippen LogP contribution in [0.2, 0.25) is 0 Å². The average Bonchev–Trinajstić information content (AvgIpc) is 3.16. The van der Waals surface area contributed by atoms with Crippen molar-refractivity contribution in [2.75, 3.05) is 19.1 Å². The molecule has 0 aliphatic rings. The number of ether oxygens (including phenoxy) is 1. The molecule has 1 amide bonds. The van der Waals surface area contributed by atoms with E-state index in [0.717, 1.165) is 44.3 Å². The van der Waals surface area contributed by atoms with E-state index >= 15 is 0 Å². The lowest BCUT2D eigenvalue weighted by molar-refractivity contribution is -0.121. The zero-order valence-electron chi connectivity index (χ0n) is 20.0. The SMILES string of the molecule is CCCCCCn1cc(CCCC(=O)NCCC(C)(C)OCPCC(=O)CCC)nn1. The van der Waals surface area contributed by atoms with Crippen LogP contribution in [-0.4, -0.2) is 51.3 Å². The number of ketones is 1. The number of Topliss-reactive ketones (excluding diaryl/α,β-unsaturated/α-hetero) is 1. The third-order valence-corrected chi connectivity index (χ3v) is 6.12. The summed E-state index contributed by atoms with van der Waals surface area (Å²) < 4.78 is 7.82. The monoisotopic (exact) mass is 454 g/mol. The maximum absolute atomic E-state index is 12.1. The van der Waals surface area contributed by atoms with Gasteiger partial charge in [0, 0.05) is 38.3 Å². The van der Waals surface area contributed by atoms with E-state index in [-0.39, 0.29) is 11.5 Å². The molecule has 7 nitrogen and oxygen atoms in total. The molecule has 0 bridgehead atoms. The standard InChI is InChI=1S/C23H43N4O3P/c1-5-7-8-9-16-27-17-20(25-26-27)12-10-13-22(29)24-15-14-23(3,4)30-19-31-18-21(28)11-6-2/h17,31H,5-16,18-19H2,1-4H3,(H,24,29). The highest BCUT2D eigenvalue weighted by Gasteiger charge is 2.18. The van der Waals surface area contributed by atoms with Gasteiger partial charge < -0.3 is 10.1 Å². The first kappa shape index (κ1) is 27.7. The van der Waals surface area contributed by atoms with Crippen LogP contribution in [0.3, 0.4) is 0 Å². The van der Waals surface area contributed by atoms with Crippen molar-refractivity contribution in [2.24, 2.45) is 0 Å². The van der Waals surface area contributed by atoms with Crippen molar-refractivity contribution >= 4 is 20.3 Å². The van der Waals surface area contributed by atoms with Gasteiger partial charge in [-0.05, 0) is 46.0 Å². The van der Waals surface area contributed by atoms with Crippen molar-refractivity contribution in [3.63, 3.8) is 0 Å². The number of nitrogens with zero attached hydrogens (tertiary/aromatic N) is 3. The van der Waals surface area contributed by atoms with E-state index in [4.69, 9.17) is 4.74 Å². The largest absolute Gasteiger partial charge is 0.371 e. The summed E-state index contributed by atoms with van der Waals surface area (Å²) in [6.45, 7) is 9.81. The third-order valence-electron chi connectivity index (χ3n) is 5.13. The number of rotatable bonds is 19. The van der Waals surface area contributed by atoms with Crippen molar-refractivity contribution in [1.29, 1.82) is 0 Å². The number of carbonyl (C=O) groups is 2. The molecule has 1 N–H and O–H groups in total. The Bertz CT molecular complexity index is 634. The van der Waals surface area contributed by atoms with Crippen molar-refractivity contribution in [3.05, 3.63) is 11.9 Å². The van der Waals surface area contributed by atoms with Gasteiger partial charge in [0.05, 0.1) is 17.6 Å². The van der Waals surface area contributed by atoms with E-state index < -0.39 is 0 Å². The summed E-state index contributed by atoms with van der Waals surface area (Å²) in [5.74, 6) is 0.388. The molecule has 0 fully saturated rings. The predicted molar refractivity (Wildman–Crippen MR) is 128 cm³/mol. The van der Waals surface area contributed by atoms with E-state index in [1.54, 1.807) is 0 Å². The molecule has 0 spiro atoms. The molecule has 0 aliphatic carbocycles. The van der Waals surface area contributed by atoms with Gasteiger partial charge in [0.25, 0.3) is 0 Å². The summed E-state index contributed by atoms with van der Waals surface area (Å²) in [7, 11) is 0.512. The first-order chi connectivity index (χ1) is 14.9. The topological polar surface area (TPSA) is 86.1 Å². The Morgan fingerprint density at radius 3 is 2.68 bits per heavy atom. The second kappa shape index (κ2) is 16.3. The lowest BCUT2D eigenvalue weighted by atomic mass is 10.1. The van der Waals surface area contributed by atoms with Gasteiger partial charge in [0.15, 0.2) is 0 Å². The molecular weight excluding hydrogens is 411 g/mol. The summed E-state index contributed by atoms with van der Waals surface area (Å²) in [5, 5.41) is 11.4. The Kier molecular flexibility index (Phi) is 14.6. The summed E-state index contributed by atoms with van der Waals surface area (Å²) in [5.41, 5.74) is 0.653. The minimum Gasteiger partial charge on any atom is -0.371 e. The highest BCUT2D eigenvalue weighted by molar-refractivity contribution is 7.39. The minimum atomic E-state index is -0.302. The zero-order chi connectivity index (χ0) is 23.0. The van der Waals surface area contributed by atoms with Crippen molar-refractivity contribution in [2.45, 2.75) is 104 Å². The van der Waals surface area contributed by atoms with Gasteiger partial charge in [-0.15, -0.1) is 5.10 Å². The van der Waals surface area contributed by atoms with Crippen LogP contribution < -0.4 is 5.32 Å². The molecular formula is C23H43N4O3P. The molecule has 31 heavy (non-hydrogen) atoms. The highest BCUT2D eigenvalue weighted by Crippen LogP contribution is 2.20. The molecule has 0 aliphatic heterocycles. The molecule has 0 aromatic carbocycles. The number of aromatic nitrogens is 3. The normalized spacial score (nSPS) is 12.0. The first-order valence-corrected chi connectivity index (χ1v) is 13.3. The van der Waals surface area contributed by atoms with Gasteiger partial charge in [-0.1, -0.05) is 46.9 Å². The second-order valence-electron chi connectivity index (χ2n) is 8.75. The molecule has 0 radical (unpaired) electrons. The minimum absolute atomic E-state index is 0.0646. The van der Waals surface area contributed by atoms with Gasteiger partial charge in [0.1, 0.15) is 5.78 Å². The third kappa shape index (κ3) is 14.4. The number of hydrogen-bond acceptors (Lipinski definition) is 5. The highest BCUT2D eigenvalue weighted by atomic mass is 31.1. The van der Waals surface area contributed by atoms with Gasteiger partial charge in [-0.3, -0.25) is 14.3 Å². The van der Waals surface area contributed by atoms with E-state index in [0.29, 0.717) is 46.3 Å². The average molecular weight is 455 g/mol. The lowest BCUT2D eigenvalue weighted by Gasteiger charge is -2.25. The number of hydrogen-bond donors (Lipinski definition) is 1. The molecule has 1 aromatic rings. The number of carbonyl (C=O) groups excluding carboxylic acids is 2. The fourth-order valence-corrected chi connectivity index (χ4v) is 4.21. The van der Waals surface area contributed by atoms with E-state index in [1.807, 2.05) is 31.6 Å². The molecule has 1 atom stereocenters. The van der Waals surface area contributed by atoms with E-state index in [9.17, 15) is 9.59 Å². The Hall–Kier alpha value is -1.33. The Balaban J connectivity index is 2.10. The lowest BCUT2D eigenvalue weighted by Crippen LogP contribution is -2.32. The Morgan fingerprint density at radius 2 is 1.94 bits per heavy atom. The van der Waals surface area contributed by atoms with Crippen LogP contribution in [0.25, 0.3) is 0 Å². The summed E-state index contributed by atoms with van der Waals surface area (Å²) in [6.07, 6.45) is 12.4. The van der Waals surface area contributed by atoms with Gasteiger partial charge in [-0.2, -0.15) is 0 Å². The van der Waals surface area contributed by atoms with Crippen molar-refractivity contribution in [3.8, 4) is 0 Å². The molecule has 1 unspecified atom stereocenters. The van der Waals surface area contributed by atoms with Gasteiger partial charge >= 0.3 is 0 Å². The molecule has 1 heterocycles. The van der Waals surface area contributed by atoms with Crippen LogP contribution >= 0.6 is 8.58 Å². The van der Waals surface area contributed by atoms with Crippen molar-refractivity contribution in [1.82, 2.24) is 20.3 Å². The molecule has 1 rings (SSSR count). The summed E-state index contributed by atoms with van der Waals surface area (Å²) in [4.78, 5) is 23.6. The number of aryl methyl sites for hydroxylation is 2. The van der Waals surface area contributed by atoms with Crippen LogP contribution in [0.4, 0.5) is 0 Å². The maximum Gasteiger partial charge on any atom is 0.220 e. The van der Waals surface area contributed by atoms with Crippen LogP contribution in [0.1, 0.15) is 91.2 Å². The fraction of sp³-hybridized carbons (Fsp3) is 0.826. The maximum atomic E-state index is 12.1. The molecule has 8 heteroatoms. The summed E-state index contributed by atoms with van der Waals surface area (Å²) in [6, 6.07) is 0. The van der Waals surface area contributed by atoms with Crippen LogP contribution in [0, 0.1) is 0 Å². The molecule has 1 aromatic heterocycles. The van der Waals surface area contributed by atoms with Gasteiger partial charge in [-0.25, -0.2) is 0 Å². The quantitative estimate of drug-likeness (QED) is 0.246. The Morgan fingerprint density at radius 1 is 1.13 bits per heavy atom.